The third-order valence-electron chi connectivity index (χ3n) is 4.03. The fourth-order valence-corrected chi connectivity index (χ4v) is 4.37. The van der Waals surface area contributed by atoms with E-state index < -0.39 is 0 Å². The molecule has 1 aromatic heterocycles. The molecule has 1 saturated heterocycles. The van der Waals surface area contributed by atoms with E-state index in [0.29, 0.717) is 38.5 Å². The first-order valence-corrected chi connectivity index (χ1v) is 10.4. The second-order valence-corrected chi connectivity index (χ2v) is 7.80. The van der Waals surface area contributed by atoms with Crippen LogP contribution in [0.15, 0.2) is 40.1 Å². The molecule has 1 aliphatic heterocycles. The Morgan fingerprint density at radius 1 is 1.15 bits per heavy atom. The van der Waals surface area contributed by atoms with Crippen molar-refractivity contribution in [3.63, 3.8) is 0 Å². The number of hydrogen-bond acceptors (Lipinski definition) is 6. The molecule has 0 N–H and O–H groups in total. The van der Waals surface area contributed by atoms with Crippen LogP contribution in [-0.4, -0.2) is 65.3 Å². The zero-order valence-electron chi connectivity index (χ0n) is 14.6. The van der Waals surface area contributed by atoms with Crippen molar-refractivity contribution in [1.82, 2.24) is 14.8 Å². The lowest BCUT2D eigenvalue weighted by molar-refractivity contribution is -0.129. The number of amides is 2. The van der Waals surface area contributed by atoms with Crippen molar-refractivity contribution < 1.29 is 14.3 Å². The molecule has 26 heavy (non-hydrogen) atoms. The quantitative estimate of drug-likeness (QED) is 0.733. The maximum atomic E-state index is 12.4. The zero-order chi connectivity index (χ0) is 18.4. The van der Waals surface area contributed by atoms with E-state index in [4.69, 9.17) is 4.74 Å². The molecule has 2 aromatic rings. The van der Waals surface area contributed by atoms with Gasteiger partial charge in [0.1, 0.15) is 0 Å². The number of piperazine rings is 1. The third-order valence-corrected chi connectivity index (χ3v) is 6.04. The van der Waals surface area contributed by atoms with E-state index in [1.165, 1.54) is 11.8 Å². The molecular weight excluding hydrogens is 370 g/mol. The van der Waals surface area contributed by atoms with Crippen molar-refractivity contribution in [2.45, 2.75) is 11.3 Å². The van der Waals surface area contributed by atoms with Gasteiger partial charge in [0.25, 0.3) is 0 Å². The third kappa shape index (κ3) is 4.76. The summed E-state index contributed by atoms with van der Waals surface area (Å²) < 4.78 is 5.88. The van der Waals surface area contributed by atoms with Gasteiger partial charge in [0.05, 0.1) is 18.1 Å². The number of carbonyl (C=O) groups excluding carboxylic acids is 2. The van der Waals surface area contributed by atoms with Gasteiger partial charge in [-0.05, 0) is 6.92 Å². The smallest absolute Gasteiger partial charge is 0.409 e. The van der Waals surface area contributed by atoms with Gasteiger partial charge in [0.2, 0.25) is 5.91 Å². The van der Waals surface area contributed by atoms with Crippen LogP contribution in [0.3, 0.4) is 0 Å². The summed E-state index contributed by atoms with van der Waals surface area (Å²) in [6.45, 7) is 4.29. The molecule has 8 heteroatoms. The first kappa shape index (κ1) is 18.7. The Labute approximate surface area is 161 Å². The molecular formula is C18H21N3O3S2. The molecule has 1 aliphatic rings. The second kappa shape index (κ2) is 9.05. The first-order chi connectivity index (χ1) is 12.7. The van der Waals surface area contributed by atoms with Crippen molar-refractivity contribution in [2.75, 3.05) is 38.5 Å². The maximum absolute atomic E-state index is 12.4. The van der Waals surface area contributed by atoms with E-state index in [1.54, 1.807) is 28.1 Å². The Hall–Kier alpha value is -2.06. The van der Waals surface area contributed by atoms with Gasteiger partial charge in [0.15, 0.2) is 4.34 Å². The minimum Gasteiger partial charge on any atom is -0.450 e. The summed E-state index contributed by atoms with van der Waals surface area (Å²) >= 11 is 3.02. The summed E-state index contributed by atoms with van der Waals surface area (Å²) in [4.78, 5) is 32.1. The summed E-state index contributed by atoms with van der Waals surface area (Å²) in [7, 11) is 0. The van der Waals surface area contributed by atoms with Gasteiger partial charge in [-0.1, -0.05) is 42.1 Å². The fraction of sp³-hybridized carbons (Fsp3) is 0.389. The van der Waals surface area contributed by atoms with E-state index in [9.17, 15) is 9.59 Å². The number of carbonyl (C=O) groups is 2. The Kier molecular flexibility index (Phi) is 6.51. The predicted octanol–water partition coefficient (Wildman–Crippen LogP) is 3.20. The molecule has 3 rings (SSSR count). The molecule has 0 saturated carbocycles. The highest BCUT2D eigenvalue weighted by molar-refractivity contribution is 8.01. The summed E-state index contributed by atoms with van der Waals surface area (Å²) in [6.07, 6.45) is -0.301. The minimum atomic E-state index is -0.301. The SMILES string of the molecule is CCOC(=O)N1CCN(C(=O)CSc2nc(-c3ccccc3)cs2)CC1. The average Bonchev–Trinajstić information content (AvgIpc) is 3.16. The van der Waals surface area contributed by atoms with Crippen LogP contribution in [0.4, 0.5) is 4.79 Å². The van der Waals surface area contributed by atoms with E-state index in [0.717, 1.165) is 15.6 Å². The normalized spacial score (nSPS) is 14.3. The van der Waals surface area contributed by atoms with E-state index in [2.05, 4.69) is 4.98 Å². The number of nitrogens with zero attached hydrogens (tertiary/aromatic N) is 3. The lowest BCUT2D eigenvalue weighted by atomic mass is 10.2. The number of thiazole rings is 1. The van der Waals surface area contributed by atoms with Crippen molar-refractivity contribution in [3.8, 4) is 11.3 Å². The van der Waals surface area contributed by atoms with Gasteiger partial charge < -0.3 is 14.5 Å². The molecule has 0 bridgehead atoms. The van der Waals surface area contributed by atoms with Crippen LogP contribution in [0.25, 0.3) is 11.3 Å². The molecule has 0 radical (unpaired) electrons. The standard InChI is InChI=1S/C18H21N3O3S2/c1-2-24-18(23)21-10-8-20(9-11-21)16(22)13-26-17-19-15(12-25-17)14-6-4-3-5-7-14/h3-7,12H,2,8-11,13H2,1H3. The van der Waals surface area contributed by atoms with Crippen LogP contribution >= 0.6 is 23.1 Å². The largest absolute Gasteiger partial charge is 0.450 e. The van der Waals surface area contributed by atoms with Crippen LogP contribution in [-0.2, 0) is 9.53 Å². The number of hydrogen-bond donors (Lipinski definition) is 0. The highest BCUT2D eigenvalue weighted by Crippen LogP contribution is 2.28. The average molecular weight is 392 g/mol. The topological polar surface area (TPSA) is 62.7 Å². The molecule has 6 nitrogen and oxygen atoms in total. The van der Waals surface area contributed by atoms with Crippen LogP contribution in [0, 0.1) is 0 Å². The van der Waals surface area contributed by atoms with Gasteiger partial charge in [-0.2, -0.15) is 0 Å². The van der Waals surface area contributed by atoms with E-state index in [1.807, 2.05) is 35.7 Å². The Morgan fingerprint density at radius 2 is 1.85 bits per heavy atom. The van der Waals surface area contributed by atoms with Gasteiger partial charge in [-0.15, -0.1) is 11.3 Å². The Morgan fingerprint density at radius 3 is 2.54 bits per heavy atom. The molecule has 1 fully saturated rings. The van der Waals surface area contributed by atoms with Gasteiger partial charge >= 0.3 is 6.09 Å². The van der Waals surface area contributed by atoms with E-state index in [-0.39, 0.29) is 12.0 Å². The summed E-state index contributed by atoms with van der Waals surface area (Å²) in [5, 5.41) is 2.01. The van der Waals surface area contributed by atoms with Crippen molar-refractivity contribution >= 4 is 35.1 Å². The first-order valence-electron chi connectivity index (χ1n) is 8.50. The number of aromatic nitrogens is 1. The fourth-order valence-electron chi connectivity index (χ4n) is 2.63. The van der Waals surface area contributed by atoms with Crippen molar-refractivity contribution in [1.29, 1.82) is 0 Å². The van der Waals surface area contributed by atoms with Crippen molar-refractivity contribution in [2.24, 2.45) is 0 Å². The number of benzene rings is 1. The van der Waals surface area contributed by atoms with Gasteiger partial charge in [-0.3, -0.25) is 4.79 Å². The van der Waals surface area contributed by atoms with Gasteiger partial charge in [-0.25, -0.2) is 9.78 Å². The minimum absolute atomic E-state index is 0.0787. The van der Waals surface area contributed by atoms with Crippen LogP contribution in [0.5, 0.6) is 0 Å². The zero-order valence-corrected chi connectivity index (χ0v) is 16.2. The van der Waals surface area contributed by atoms with Crippen LogP contribution < -0.4 is 0 Å². The lowest BCUT2D eigenvalue weighted by Gasteiger charge is -2.33. The monoisotopic (exact) mass is 391 g/mol. The van der Waals surface area contributed by atoms with Crippen molar-refractivity contribution in [3.05, 3.63) is 35.7 Å². The molecule has 138 valence electrons. The Bertz CT molecular complexity index is 743. The molecule has 2 heterocycles. The molecule has 2 amide bonds. The second-order valence-electron chi connectivity index (χ2n) is 5.72. The molecule has 0 spiro atoms. The lowest BCUT2D eigenvalue weighted by Crippen LogP contribution is -2.51. The summed E-state index contributed by atoms with van der Waals surface area (Å²) in [5.41, 5.74) is 2.02. The molecule has 0 atom stereocenters. The molecule has 0 unspecified atom stereocenters. The predicted molar refractivity (Wildman–Crippen MR) is 103 cm³/mol. The van der Waals surface area contributed by atoms with Gasteiger partial charge in [0, 0.05) is 37.1 Å². The van der Waals surface area contributed by atoms with Crippen LogP contribution in [0.1, 0.15) is 6.92 Å². The van der Waals surface area contributed by atoms with E-state index >= 15 is 0 Å². The Balaban J connectivity index is 1.46. The molecule has 1 aromatic carbocycles. The van der Waals surface area contributed by atoms with Crippen LogP contribution in [0.2, 0.25) is 0 Å². The number of rotatable bonds is 5. The molecule has 0 aliphatic carbocycles. The highest BCUT2D eigenvalue weighted by Gasteiger charge is 2.24. The number of ether oxygens (including phenoxy) is 1. The maximum Gasteiger partial charge on any atom is 0.409 e. The number of thioether (sulfide) groups is 1. The summed E-state index contributed by atoms with van der Waals surface area (Å²) in [6, 6.07) is 10.0. The highest BCUT2D eigenvalue weighted by atomic mass is 32.2. The summed E-state index contributed by atoms with van der Waals surface area (Å²) in [5.74, 6) is 0.441.